The van der Waals surface area contributed by atoms with E-state index in [1.165, 1.54) is 11.0 Å². The minimum atomic E-state index is -0.526. The molecule has 3 N–H and O–H groups in total. The molecule has 0 saturated heterocycles. The molecule has 10 heavy (non-hydrogen) atoms. The molecule has 0 saturated carbocycles. The summed E-state index contributed by atoms with van der Waals surface area (Å²) >= 11 is 0. The van der Waals surface area contributed by atoms with Gasteiger partial charge in [0.1, 0.15) is 12.7 Å². The van der Waals surface area contributed by atoms with Gasteiger partial charge in [-0.2, -0.15) is 5.10 Å². The van der Waals surface area contributed by atoms with Crippen LogP contribution in [0.15, 0.2) is 12.7 Å². The van der Waals surface area contributed by atoms with Crippen LogP contribution in [0.3, 0.4) is 0 Å². The summed E-state index contributed by atoms with van der Waals surface area (Å²) < 4.78 is 1.54. The van der Waals surface area contributed by atoms with Crippen molar-refractivity contribution in [2.75, 3.05) is 6.54 Å². The van der Waals surface area contributed by atoms with Gasteiger partial charge in [-0.25, -0.2) is 4.98 Å². The molecule has 1 rings (SSSR count). The Labute approximate surface area is 58.5 Å². The monoisotopic (exact) mass is 142 g/mol. The van der Waals surface area contributed by atoms with E-state index in [4.69, 9.17) is 10.8 Å². The van der Waals surface area contributed by atoms with E-state index in [9.17, 15) is 0 Å². The van der Waals surface area contributed by atoms with E-state index in [1.807, 2.05) is 0 Å². The Morgan fingerprint density at radius 3 is 3.00 bits per heavy atom. The van der Waals surface area contributed by atoms with Crippen LogP contribution in [-0.2, 0) is 6.54 Å². The van der Waals surface area contributed by atoms with E-state index in [2.05, 4.69) is 10.1 Å². The van der Waals surface area contributed by atoms with Crippen molar-refractivity contribution >= 4 is 0 Å². The van der Waals surface area contributed by atoms with Gasteiger partial charge in [0.05, 0.1) is 12.6 Å². The van der Waals surface area contributed by atoms with Crippen LogP contribution in [0.1, 0.15) is 0 Å². The highest BCUT2D eigenvalue weighted by Gasteiger charge is 2.00. The van der Waals surface area contributed by atoms with Crippen molar-refractivity contribution < 1.29 is 5.11 Å². The number of aliphatic hydroxyl groups is 1. The lowest BCUT2D eigenvalue weighted by Gasteiger charge is -2.05. The minimum absolute atomic E-state index is 0.250. The number of aliphatic hydroxyl groups excluding tert-OH is 1. The van der Waals surface area contributed by atoms with Crippen molar-refractivity contribution in [3.8, 4) is 0 Å². The van der Waals surface area contributed by atoms with Crippen molar-refractivity contribution in [3.05, 3.63) is 12.7 Å². The molecule has 56 valence electrons. The Morgan fingerprint density at radius 2 is 2.50 bits per heavy atom. The zero-order valence-corrected chi connectivity index (χ0v) is 5.51. The molecule has 1 aromatic rings. The SMILES string of the molecule is NC[C@H](O)Cn1cncn1. The first-order chi connectivity index (χ1) is 4.83. The van der Waals surface area contributed by atoms with Gasteiger partial charge in [-0.15, -0.1) is 0 Å². The highest BCUT2D eigenvalue weighted by atomic mass is 16.3. The van der Waals surface area contributed by atoms with Crippen molar-refractivity contribution in [3.63, 3.8) is 0 Å². The van der Waals surface area contributed by atoms with Crippen molar-refractivity contribution in [1.29, 1.82) is 0 Å². The number of nitrogens with zero attached hydrogens (tertiary/aromatic N) is 3. The highest BCUT2D eigenvalue weighted by Crippen LogP contribution is 1.85. The predicted octanol–water partition coefficient (Wildman–Crippen LogP) is -1.40. The summed E-state index contributed by atoms with van der Waals surface area (Å²) in [5.74, 6) is 0. The predicted molar refractivity (Wildman–Crippen MR) is 35.1 cm³/mol. The first-order valence-electron chi connectivity index (χ1n) is 3.03. The van der Waals surface area contributed by atoms with Gasteiger partial charge < -0.3 is 10.8 Å². The van der Waals surface area contributed by atoms with Gasteiger partial charge >= 0.3 is 0 Å². The normalized spacial score (nSPS) is 13.4. The number of hydrogen-bond donors (Lipinski definition) is 2. The van der Waals surface area contributed by atoms with Gasteiger partial charge in [0.25, 0.3) is 0 Å². The third kappa shape index (κ3) is 1.78. The maximum absolute atomic E-state index is 9.02. The van der Waals surface area contributed by atoms with Crippen LogP contribution >= 0.6 is 0 Å². The van der Waals surface area contributed by atoms with Gasteiger partial charge in [-0.1, -0.05) is 0 Å². The Balaban J connectivity index is 2.40. The highest BCUT2D eigenvalue weighted by molar-refractivity contribution is 4.60. The van der Waals surface area contributed by atoms with Gasteiger partial charge in [-0.3, -0.25) is 4.68 Å². The average molecular weight is 142 g/mol. The lowest BCUT2D eigenvalue weighted by molar-refractivity contribution is 0.157. The second-order valence-corrected chi connectivity index (χ2v) is 2.01. The van der Waals surface area contributed by atoms with Crippen molar-refractivity contribution in [2.45, 2.75) is 12.6 Å². The Kier molecular flexibility index (Phi) is 2.35. The molecule has 1 atom stereocenters. The number of rotatable bonds is 3. The minimum Gasteiger partial charge on any atom is -0.390 e. The molecule has 1 heterocycles. The van der Waals surface area contributed by atoms with Crippen LogP contribution in [0.25, 0.3) is 0 Å². The molecule has 0 unspecified atom stereocenters. The van der Waals surface area contributed by atoms with Crippen LogP contribution in [-0.4, -0.2) is 32.5 Å². The summed E-state index contributed by atoms with van der Waals surface area (Å²) in [6, 6.07) is 0. The fraction of sp³-hybridized carbons (Fsp3) is 0.600. The quantitative estimate of drug-likeness (QED) is 0.544. The second-order valence-electron chi connectivity index (χ2n) is 2.01. The summed E-state index contributed by atoms with van der Waals surface area (Å²) in [6.45, 7) is 0.663. The Morgan fingerprint density at radius 1 is 1.70 bits per heavy atom. The van der Waals surface area contributed by atoms with Gasteiger partial charge in [0.15, 0.2) is 0 Å². The maximum Gasteiger partial charge on any atom is 0.137 e. The topological polar surface area (TPSA) is 77.0 Å². The van der Waals surface area contributed by atoms with E-state index in [1.54, 1.807) is 6.33 Å². The van der Waals surface area contributed by atoms with Crippen LogP contribution in [0.4, 0.5) is 0 Å². The third-order valence-corrected chi connectivity index (χ3v) is 1.14. The van der Waals surface area contributed by atoms with E-state index in [0.29, 0.717) is 6.54 Å². The van der Waals surface area contributed by atoms with E-state index in [-0.39, 0.29) is 6.54 Å². The summed E-state index contributed by atoms with van der Waals surface area (Å²) in [6.07, 6.45) is 2.43. The first kappa shape index (κ1) is 7.17. The molecule has 0 amide bonds. The molecule has 0 fully saturated rings. The zero-order chi connectivity index (χ0) is 7.40. The van der Waals surface area contributed by atoms with Crippen LogP contribution in [0, 0.1) is 0 Å². The summed E-state index contributed by atoms with van der Waals surface area (Å²) in [5, 5.41) is 12.8. The molecule has 0 aliphatic heterocycles. The number of nitrogens with two attached hydrogens (primary N) is 1. The van der Waals surface area contributed by atoms with Crippen LogP contribution in [0.5, 0.6) is 0 Å². The molecule has 0 aliphatic rings. The van der Waals surface area contributed by atoms with Crippen molar-refractivity contribution in [1.82, 2.24) is 14.8 Å². The number of hydrogen-bond acceptors (Lipinski definition) is 4. The molecular formula is C5H10N4O. The maximum atomic E-state index is 9.02. The van der Waals surface area contributed by atoms with Crippen LogP contribution < -0.4 is 5.73 Å². The smallest absolute Gasteiger partial charge is 0.137 e. The Bertz CT molecular complexity index is 174. The number of aromatic nitrogens is 3. The van der Waals surface area contributed by atoms with E-state index >= 15 is 0 Å². The lowest BCUT2D eigenvalue weighted by Crippen LogP contribution is -2.25. The molecule has 5 heteroatoms. The van der Waals surface area contributed by atoms with Gasteiger partial charge in [0.2, 0.25) is 0 Å². The standard InChI is InChI=1S/C5H10N4O/c6-1-5(10)2-9-4-7-3-8-9/h3-5,10H,1-2,6H2/t5-/m0/s1. The average Bonchev–Trinajstić information content (AvgIpc) is 2.40. The molecule has 0 aliphatic carbocycles. The Hall–Kier alpha value is -0.940. The fourth-order valence-electron chi connectivity index (χ4n) is 0.617. The largest absolute Gasteiger partial charge is 0.390 e. The second kappa shape index (κ2) is 3.28. The molecule has 0 aromatic carbocycles. The molecular weight excluding hydrogens is 132 g/mol. The van der Waals surface area contributed by atoms with E-state index in [0.717, 1.165) is 0 Å². The third-order valence-electron chi connectivity index (χ3n) is 1.14. The summed E-state index contributed by atoms with van der Waals surface area (Å²) in [7, 11) is 0. The molecule has 5 nitrogen and oxygen atoms in total. The van der Waals surface area contributed by atoms with Crippen molar-refractivity contribution in [2.24, 2.45) is 5.73 Å². The van der Waals surface area contributed by atoms with Crippen LogP contribution in [0.2, 0.25) is 0 Å². The van der Waals surface area contributed by atoms with Gasteiger partial charge in [-0.05, 0) is 0 Å². The summed E-state index contributed by atoms with van der Waals surface area (Å²) in [5.41, 5.74) is 5.18. The first-order valence-corrected chi connectivity index (χ1v) is 3.03. The molecule has 1 aromatic heterocycles. The molecule has 0 bridgehead atoms. The van der Waals surface area contributed by atoms with Gasteiger partial charge in [0, 0.05) is 6.54 Å². The molecule has 0 spiro atoms. The van der Waals surface area contributed by atoms with E-state index < -0.39 is 6.10 Å². The zero-order valence-electron chi connectivity index (χ0n) is 5.51. The molecule has 0 radical (unpaired) electrons. The lowest BCUT2D eigenvalue weighted by atomic mass is 10.4. The fourth-order valence-corrected chi connectivity index (χ4v) is 0.617. The summed E-state index contributed by atoms with van der Waals surface area (Å²) in [4.78, 5) is 3.71.